The Kier molecular flexibility index (Phi) is 4.92. The molecule has 0 saturated carbocycles. The molecule has 0 unspecified atom stereocenters. The van der Waals surface area contributed by atoms with E-state index in [4.69, 9.17) is 0 Å². The first kappa shape index (κ1) is 17.5. The van der Waals surface area contributed by atoms with Crippen molar-refractivity contribution in [1.82, 2.24) is 24.8 Å². The smallest absolute Gasteiger partial charge is 0.271 e. The maximum Gasteiger partial charge on any atom is 0.271 e. The summed E-state index contributed by atoms with van der Waals surface area (Å²) in [5, 5.41) is 5.27. The maximum atomic E-state index is 12.1. The predicted molar refractivity (Wildman–Crippen MR) is 97.8 cm³/mol. The minimum atomic E-state index is -0.449. The van der Waals surface area contributed by atoms with Crippen molar-refractivity contribution in [2.45, 2.75) is 19.8 Å². The van der Waals surface area contributed by atoms with Crippen LogP contribution in [0.4, 0.5) is 5.69 Å². The van der Waals surface area contributed by atoms with Crippen molar-refractivity contribution >= 4 is 28.5 Å². The number of hydrogen-bond donors (Lipinski definition) is 2. The predicted octanol–water partition coefficient (Wildman–Crippen LogP) is 1.86. The van der Waals surface area contributed by atoms with Gasteiger partial charge in [-0.3, -0.25) is 14.6 Å². The summed E-state index contributed by atoms with van der Waals surface area (Å²) in [7, 11) is 1.98. The Bertz CT molecular complexity index is 949. The quantitative estimate of drug-likeness (QED) is 0.730. The molecule has 2 N–H and O–H groups in total. The first-order valence-electron chi connectivity index (χ1n) is 8.26. The van der Waals surface area contributed by atoms with Crippen LogP contribution in [0.1, 0.15) is 36.1 Å². The zero-order valence-corrected chi connectivity index (χ0v) is 14.9. The molecule has 3 aromatic rings. The molecule has 0 saturated heterocycles. The maximum absolute atomic E-state index is 12.1. The molecule has 26 heavy (non-hydrogen) atoms. The molecule has 134 valence electrons. The molecule has 8 nitrogen and oxygen atoms in total. The normalized spacial score (nSPS) is 10.9. The van der Waals surface area contributed by atoms with E-state index in [0.717, 1.165) is 16.9 Å². The van der Waals surface area contributed by atoms with Crippen molar-refractivity contribution in [2.75, 3.05) is 11.9 Å². The van der Waals surface area contributed by atoms with Crippen LogP contribution in [0.2, 0.25) is 0 Å². The number of imidazole rings is 1. The fraction of sp³-hybridized carbons (Fsp3) is 0.278. The van der Waals surface area contributed by atoms with Crippen molar-refractivity contribution in [3.8, 4) is 0 Å². The molecule has 0 aliphatic heterocycles. The van der Waals surface area contributed by atoms with Crippen LogP contribution in [-0.2, 0) is 11.8 Å². The Balaban J connectivity index is 1.65. The summed E-state index contributed by atoms with van der Waals surface area (Å²) >= 11 is 0. The number of amides is 2. The number of fused-ring (bicyclic) bond motifs is 1. The Hall–Kier alpha value is -3.29. The number of aryl methyl sites for hydroxylation is 1. The van der Waals surface area contributed by atoms with E-state index < -0.39 is 5.91 Å². The second kappa shape index (κ2) is 7.30. The van der Waals surface area contributed by atoms with Gasteiger partial charge in [0.1, 0.15) is 11.5 Å². The molecule has 0 aliphatic rings. The van der Waals surface area contributed by atoms with Gasteiger partial charge in [-0.15, -0.1) is 0 Å². The molecule has 3 rings (SSSR count). The molecule has 0 radical (unpaired) electrons. The highest BCUT2D eigenvalue weighted by atomic mass is 16.2. The fourth-order valence-corrected chi connectivity index (χ4v) is 2.69. The summed E-state index contributed by atoms with van der Waals surface area (Å²) in [5.74, 6) is 0.512. The molecular weight excluding hydrogens is 332 g/mol. The number of hydrogen-bond acceptors (Lipinski definition) is 5. The highest BCUT2D eigenvalue weighted by molar-refractivity contribution is 5.99. The third-order valence-electron chi connectivity index (χ3n) is 3.92. The summed E-state index contributed by atoms with van der Waals surface area (Å²) in [6.45, 7) is 4.01. The van der Waals surface area contributed by atoms with Crippen molar-refractivity contribution in [3.63, 3.8) is 0 Å². The van der Waals surface area contributed by atoms with Crippen LogP contribution in [-0.4, -0.2) is 37.9 Å². The van der Waals surface area contributed by atoms with Crippen LogP contribution < -0.4 is 10.6 Å². The Morgan fingerprint density at radius 2 is 2.04 bits per heavy atom. The summed E-state index contributed by atoms with van der Waals surface area (Å²) in [6.07, 6.45) is 4.24. The molecule has 8 heteroatoms. The summed E-state index contributed by atoms with van der Waals surface area (Å²) in [5.41, 5.74) is 2.61. The van der Waals surface area contributed by atoms with E-state index in [9.17, 15) is 9.59 Å². The van der Waals surface area contributed by atoms with Gasteiger partial charge in [0.05, 0.1) is 23.8 Å². The lowest BCUT2D eigenvalue weighted by Gasteiger charge is -2.07. The monoisotopic (exact) mass is 352 g/mol. The molecule has 2 aromatic heterocycles. The van der Waals surface area contributed by atoms with Crippen LogP contribution in [0.5, 0.6) is 0 Å². The van der Waals surface area contributed by atoms with E-state index in [0.29, 0.717) is 11.6 Å². The number of nitrogens with zero attached hydrogens (tertiary/aromatic N) is 4. The van der Waals surface area contributed by atoms with E-state index in [1.807, 2.05) is 29.8 Å². The number of benzene rings is 1. The number of anilines is 1. The highest BCUT2D eigenvalue weighted by Crippen LogP contribution is 2.23. The van der Waals surface area contributed by atoms with Crippen LogP contribution >= 0.6 is 0 Å². The Labute approximate surface area is 150 Å². The van der Waals surface area contributed by atoms with Crippen molar-refractivity contribution < 1.29 is 9.59 Å². The van der Waals surface area contributed by atoms with Gasteiger partial charge in [0.25, 0.3) is 5.91 Å². The van der Waals surface area contributed by atoms with Crippen LogP contribution in [0.15, 0.2) is 36.8 Å². The van der Waals surface area contributed by atoms with E-state index in [1.54, 1.807) is 0 Å². The van der Waals surface area contributed by atoms with Crippen LogP contribution in [0.3, 0.4) is 0 Å². The average Bonchev–Trinajstić information content (AvgIpc) is 2.97. The van der Waals surface area contributed by atoms with Crippen molar-refractivity contribution in [1.29, 1.82) is 0 Å². The van der Waals surface area contributed by atoms with Gasteiger partial charge in [-0.05, 0) is 18.2 Å². The second-order valence-electron chi connectivity index (χ2n) is 6.21. The molecule has 0 atom stereocenters. The Morgan fingerprint density at radius 3 is 2.73 bits per heavy atom. The van der Waals surface area contributed by atoms with E-state index >= 15 is 0 Å². The zero-order valence-electron chi connectivity index (χ0n) is 14.9. The summed E-state index contributed by atoms with van der Waals surface area (Å²) < 4.78 is 2.05. The minimum Gasteiger partial charge on any atom is -0.342 e. The molecule has 0 bridgehead atoms. The van der Waals surface area contributed by atoms with Gasteiger partial charge in [-0.1, -0.05) is 13.8 Å². The largest absolute Gasteiger partial charge is 0.342 e. The number of aromatic nitrogens is 4. The summed E-state index contributed by atoms with van der Waals surface area (Å²) in [6, 6.07) is 5.56. The van der Waals surface area contributed by atoms with E-state index in [-0.39, 0.29) is 18.1 Å². The molecule has 1 aromatic carbocycles. The van der Waals surface area contributed by atoms with Gasteiger partial charge in [-0.25, -0.2) is 9.97 Å². The minimum absolute atomic E-state index is 0.160. The van der Waals surface area contributed by atoms with E-state index in [2.05, 4.69) is 39.4 Å². The summed E-state index contributed by atoms with van der Waals surface area (Å²) in [4.78, 5) is 36.3. The van der Waals surface area contributed by atoms with Gasteiger partial charge in [-0.2, -0.15) is 0 Å². The lowest BCUT2D eigenvalue weighted by molar-refractivity contribution is -0.115. The number of carbonyl (C=O) groups excluding carboxylic acids is 2. The highest BCUT2D eigenvalue weighted by Gasteiger charge is 2.13. The number of rotatable bonds is 5. The SMILES string of the molecule is CC(C)c1nc2cc(NC(=O)CNC(=O)c3cnccn3)ccc2n1C. The standard InChI is InChI=1S/C18H20N6O2/c1-11(2)17-23-13-8-12(4-5-15(13)24(17)3)22-16(25)10-21-18(26)14-9-19-6-7-20-14/h4-9,11H,10H2,1-3H3,(H,21,26)(H,22,25). The molecular formula is C18H20N6O2. The third-order valence-corrected chi connectivity index (χ3v) is 3.92. The molecule has 2 amide bonds. The Morgan fingerprint density at radius 1 is 1.23 bits per heavy atom. The molecule has 0 fully saturated rings. The van der Waals surface area contributed by atoms with Crippen LogP contribution in [0, 0.1) is 0 Å². The number of carbonyl (C=O) groups is 2. The van der Waals surface area contributed by atoms with Crippen molar-refractivity contribution in [2.24, 2.45) is 7.05 Å². The van der Waals surface area contributed by atoms with Gasteiger partial charge in [0.2, 0.25) is 5.91 Å². The van der Waals surface area contributed by atoms with Gasteiger partial charge >= 0.3 is 0 Å². The fourth-order valence-electron chi connectivity index (χ4n) is 2.69. The van der Waals surface area contributed by atoms with E-state index in [1.165, 1.54) is 18.6 Å². The first-order valence-corrected chi connectivity index (χ1v) is 8.26. The third kappa shape index (κ3) is 3.69. The molecule has 0 aliphatic carbocycles. The topological polar surface area (TPSA) is 102 Å². The first-order chi connectivity index (χ1) is 12.5. The average molecular weight is 352 g/mol. The zero-order chi connectivity index (χ0) is 18.7. The second-order valence-corrected chi connectivity index (χ2v) is 6.21. The lowest BCUT2D eigenvalue weighted by atomic mass is 10.2. The molecule has 0 spiro atoms. The van der Waals surface area contributed by atoms with Gasteiger partial charge < -0.3 is 15.2 Å². The lowest BCUT2D eigenvalue weighted by Crippen LogP contribution is -2.33. The van der Waals surface area contributed by atoms with Crippen molar-refractivity contribution in [3.05, 3.63) is 48.3 Å². The molecule has 2 heterocycles. The number of nitrogens with one attached hydrogen (secondary N) is 2. The van der Waals surface area contributed by atoms with Gasteiger partial charge in [0, 0.05) is 31.0 Å². The van der Waals surface area contributed by atoms with Crippen LogP contribution in [0.25, 0.3) is 11.0 Å². The van der Waals surface area contributed by atoms with Gasteiger partial charge in [0.15, 0.2) is 0 Å².